The Kier molecular flexibility index (Phi) is 2.61. The molecule has 1 saturated heterocycles. The van der Waals surface area contributed by atoms with E-state index in [0.717, 1.165) is 22.1 Å². The Labute approximate surface area is 134 Å². The number of hydrogen-bond donors (Lipinski definition) is 0. The van der Waals surface area contributed by atoms with Gasteiger partial charge >= 0.3 is 0 Å². The molecule has 0 unspecified atom stereocenters. The van der Waals surface area contributed by atoms with E-state index in [1.54, 1.807) is 0 Å². The molecule has 1 amide bonds. The van der Waals surface area contributed by atoms with Gasteiger partial charge in [0.15, 0.2) is 6.23 Å². The molecular weight excluding hydrogens is 286 g/mol. The monoisotopic (exact) mass is 301 g/mol. The summed E-state index contributed by atoms with van der Waals surface area (Å²) in [4.78, 5) is 14.8. The van der Waals surface area contributed by atoms with Crippen LogP contribution in [0, 0.1) is 0 Å². The van der Waals surface area contributed by atoms with Gasteiger partial charge in [0.2, 0.25) is 0 Å². The molecule has 0 N–H and O–H groups in total. The van der Waals surface area contributed by atoms with Gasteiger partial charge in [0.25, 0.3) is 5.91 Å². The molecule has 2 aliphatic rings. The molecule has 1 fully saturated rings. The lowest BCUT2D eigenvalue weighted by Crippen LogP contribution is -2.27. The number of rotatable bonds is 1. The SMILES string of the molecule is O=C1c2cc3ccccc3cc2[C@@H]2CO[C@@H](c3ccccc3)N12. The molecule has 0 radical (unpaired) electrons. The maximum atomic E-state index is 13.0. The van der Waals surface area contributed by atoms with Crippen molar-refractivity contribution < 1.29 is 9.53 Å². The number of benzene rings is 3. The number of ether oxygens (including phenoxy) is 1. The molecule has 2 heterocycles. The third-order valence-corrected chi connectivity index (χ3v) is 4.83. The minimum absolute atomic E-state index is 0.0207. The third kappa shape index (κ3) is 1.77. The van der Waals surface area contributed by atoms with Gasteiger partial charge in [-0.05, 0) is 28.5 Å². The van der Waals surface area contributed by atoms with E-state index in [9.17, 15) is 4.79 Å². The average Bonchev–Trinajstić information content (AvgIpc) is 3.15. The van der Waals surface area contributed by atoms with Gasteiger partial charge in [0, 0.05) is 11.1 Å². The highest BCUT2D eigenvalue weighted by Gasteiger charge is 2.46. The quantitative estimate of drug-likeness (QED) is 0.678. The van der Waals surface area contributed by atoms with Crippen molar-refractivity contribution in [2.24, 2.45) is 0 Å². The summed E-state index contributed by atoms with van der Waals surface area (Å²) in [7, 11) is 0. The Balaban J connectivity index is 1.64. The molecule has 0 aromatic heterocycles. The van der Waals surface area contributed by atoms with Crippen LogP contribution in [0.3, 0.4) is 0 Å². The van der Waals surface area contributed by atoms with Crippen LogP contribution < -0.4 is 0 Å². The molecule has 2 aliphatic heterocycles. The molecular formula is C20H15NO2. The van der Waals surface area contributed by atoms with Crippen LogP contribution in [0.25, 0.3) is 10.8 Å². The van der Waals surface area contributed by atoms with Crippen molar-refractivity contribution in [3.8, 4) is 0 Å². The van der Waals surface area contributed by atoms with Gasteiger partial charge < -0.3 is 4.74 Å². The van der Waals surface area contributed by atoms with Crippen molar-refractivity contribution in [3.05, 3.63) is 83.4 Å². The highest BCUT2D eigenvalue weighted by Crippen LogP contribution is 2.46. The second-order valence-corrected chi connectivity index (χ2v) is 6.11. The average molecular weight is 301 g/mol. The highest BCUT2D eigenvalue weighted by atomic mass is 16.5. The van der Waals surface area contributed by atoms with Gasteiger partial charge in [0.05, 0.1) is 12.6 Å². The van der Waals surface area contributed by atoms with E-state index in [4.69, 9.17) is 4.74 Å². The molecule has 112 valence electrons. The number of carbonyl (C=O) groups excluding carboxylic acids is 1. The van der Waals surface area contributed by atoms with Crippen LogP contribution in [0.4, 0.5) is 0 Å². The van der Waals surface area contributed by atoms with Gasteiger partial charge in [-0.2, -0.15) is 0 Å². The largest absolute Gasteiger partial charge is 0.351 e. The third-order valence-electron chi connectivity index (χ3n) is 4.83. The fourth-order valence-corrected chi connectivity index (χ4v) is 3.73. The maximum absolute atomic E-state index is 13.0. The predicted molar refractivity (Wildman–Crippen MR) is 88.0 cm³/mol. The van der Waals surface area contributed by atoms with E-state index < -0.39 is 0 Å². The molecule has 0 spiro atoms. The van der Waals surface area contributed by atoms with Crippen LogP contribution in [-0.4, -0.2) is 17.4 Å². The zero-order valence-corrected chi connectivity index (χ0v) is 12.5. The van der Waals surface area contributed by atoms with Gasteiger partial charge in [-0.1, -0.05) is 54.6 Å². The number of amides is 1. The van der Waals surface area contributed by atoms with E-state index >= 15 is 0 Å². The first-order valence-corrected chi connectivity index (χ1v) is 7.85. The zero-order valence-electron chi connectivity index (χ0n) is 12.5. The Hall–Kier alpha value is -2.65. The highest BCUT2D eigenvalue weighted by molar-refractivity contribution is 6.03. The minimum atomic E-state index is -0.288. The summed E-state index contributed by atoms with van der Waals surface area (Å²) >= 11 is 0. The Morgan fingerprint density at radius 1 is 0.913 bits per heavy atom. The molecule has 0 saturated carbocycles. The van der Waals surface area contributed by atoms with Gasteiger partial charge in [-0.25, -0.2) is 0 Å². The van der Waals surface area contributed by atoms with Crippen molar-refractivity contribution in [3.63, 3.8) is 0 Å². The van der Waals surface area contributed by atoms with Crippen molar-refractivity contribution in [1.82, 2.24) is 4.90 Å². The maximum Gasteiger partial charge on any atom is 0.257 e. The molecule has 2 atom stereocenters. The summed E-state index contributed by atoms with van der Waals surface area (Å²) in [5.74, 6) is 0.0714. The lowest BCUT2D eigenvalue weighted by molar-refractivity contribution is 0.0268. The zero-order chi connectivity index (χ0) is 15.4. The normalized spacial score (nSPS) is 22.4. The Bertz CT molecular complexity index is 919. The van der Waals surface area contributed by atoms with Crippen molar-refractivity contribution >= 4 is 16.7 Å². The summed E-state index contributed by atoms with van der Waals surface area (Å²) in [6, 6.07) is 22.3. The first-order chi connectivity index (χ1) is 11.3. The molecule has 3 nitrogen and oxygen atoms in total. The molecule has 3 aromatic rings. The lowest BCUT2D eigenvalue weighted by Gasteiger charge is -2.22. The van der Waals surface area contributed by atoms with Crippen LogP contribution in [0.2, 0.25) is 0 Å². The Morgan fingerprint density at radius 3 is 2.39 bits per heavy atom. The van der Waals surface area contributed by atoms with Gasteiger partial charge in [-0.3, -0.25) is 9.69 Å². The molecule has 23 heavy (non-hydrogen) atoms. The number of fused-ring (bicyclic) bond motifs is 4. The molecule has 3 heteroatoms. The molecule has 5 rings (SSSR count). The van der Waals surface area contributed by atoms with E-state index in [1.165, 1.54) is 5.39 Å². The predicted octanol–water partition coefficient (Wildman–Crippen LogP) is 4.07. The van der Waals surface area contributed by atoms with Crippen LogP contribution in [-0.2, 0) is 4.74 Å². The standard InChI is InChI=1S/C20H15NO2/c22-19-17-11-15-9-5-4-8-14(15)10-16(17)18-12-23-20(21(18)19)13-6-2-1-3-7-13/h1-11,18,20H,12H2/t18-,20-/m0/s1. The second-order valence-electron chi connectivity index (χ2n) is 6.11. The van der Waals surface area contributed by atoms with Crippen molar-refractivity contribution in [2.45, 2.75) is 12.3 Å². The van der Waals surface area contributed by atoms with E-state index in [1.807, 2.05) is 53.4 Å². The van der Waals surface area contributed by atoms with E-state index in [-0.39, 0.29) is 18.2 Å². The van der Waals surface area contributed by atoms with Gasteiger partial charge in [0.1, 0.15) is 0 Å². The summed E-state index contributed by atoms with van der Waals surface area (Å²) < 4.78 is 5.95. The number of carbonyl (C=O) groups is 1. The van der Waals surface area contributed by atoms with E-state index in [2.05, 4.69) is 18.2 Å². The molecule has 0 bridgehead atoms. The van der Waals surface area contributed by atoms with Crippen LogP contribution >= 0.6 is 0 Å². The van der Waals surface area contributed by atoms with Gasteiger partial charge in [-0.15, -0.1) is 0 Å². The summed E-state index contributed by atoms with van der Waals surface area (Å²) in [6.07, 6.45) is -0.288. The van der Waals surface area contributed by atoms with E-state index in [0.29, 0.717) is 6.61 Å². The first-order valence-electron chi connectivity index (χ1n) is 7.85. The topological polar surface area (TPSA) is 29.5 Å². The van der Waals surface area contributed by atoms with Crippen LogP contribution in [0.1, 0.15) is 33.8 Å². The first kappa shape index (κ1) is 12.9. The molecule has 3 aromatic carbocycles. The van der Waals surface area contributed by atoms with Crippen molar-refractivity contribution in [2.75, 3.05) is 6.61 Å². The lowest BCUT2D eigenvalue weighted by atomic mass is 9.99. The number of hydrogen-bond acceptors (Lipinski definition) is 2. The molecule has 0 aliphatic carbocycles. The summed E-state index contributed by atoms with van der Waals surface area (Å²) in [6.45, 7) is 0.552. The summed E-state index contributed by atoms with van der Waals surface area (Å²) in [5.41, 5.74) is 2.94. The Morgan fingerprint density at radius 2 is 1.61 bits per heavy atom. The minimum Gasteiger partial charge on any atom is -0.351 e. The van der Waals surface area contributed by atoms with Crippen LogP contribution in [0.5, 0.6) is 0 Å². The fraction of sp³-hybridized carbons (Fsp3) is 0.150. The number of nitrogens with zero attached hydrogens (tertiary/aromatic N) is 1. The fourth-order valence-electron chi connectivity index (χ4n) is 3.73. The van der Waals surface area contributed by atoms with Crippen LogP contribution in [0.15, 0.2) is 66.7 Å². The smallest absolute Gasteiger partial charge is 0.257 e. The van der Waals surface area contributed by atoms with Crippen molar-refractivity contribution in [1.29, 1.82) is 0 Å². The second kappa shape index (κ2) is 4.67. The summed E-state index contributed by atoms with van der Waals surface area (Å²) in [5, 5.41) is 2.28.